The van der Waals surface area contributed by atoms with Gasteiger partial charge in [0, 0.05) is 18.8 Å². The van der Waals surface area contributed by atoms with Crippen LogP contribution in [0.15, 0.2) is 18.5 Å². The van der Waals surface area contributed by atoms with E-state index in [1.807, 2.05) is 0 Å². The van der Waals surface area contributed by atoms with Gasteiger partial charge in [-0.1, -0.05) is 26.2 Å². The van der Waals surface area contributed by atoms with Gasteiger partial charge in [-0.05, 0) is 12.5 Å². The summed E-state index contributed by atoms with van der Waals surface area (Å²) in [5.74, 6) is 0.385. The van der Waals surface area contributed by atoms with Crippen LogP contribution in [0, 0.1) is 0 Å². The number of nitrogens with zero attached hydrogens (tertiary/aromatic N) is 2. The molecule has 0 aliphatic carbocycles. The first-order valence-corrected chi connectivity index (χ1v) is 5.40. The minimum absolute atomic E-state index is 0.00250. The number of nitrogens with one attached hydrogen (secondary N) is 1. The molecule has 82 valence electrons. The molecule has 1 rings (SSSR count). The van der Waals surface area contributed by atoms with Gasteiger partial charge in [0.15, 0.2) is 0 Å². The van der Waals surface area contributed by atoms with Gasteiger partial charge in [0.05, 0.1) is 0 Å². The molecule has 0 radical (unpaired) electrons. The van der Waals surface area contributed by atoms with E-state index in [4.69, 9.17) is 0 Å². The van der Waals surface area contributed by atoms with Crippen molar-refractivity contribution < 1.29 is 4.79 Å². The maximum atomic E-state index is 11.4. The highest BCUT2D eigenvalue weighted by Crippen LogP contribution is 2.04. The molecule has 1 aromatic rings. The normalized spacial score (nSPS) is 9.93. The summed E-state index contributed by atoms with van der Waals surface area (Å²) in [4.78, 5) is 19.2. The maximum absolute atomic E-state index is 11.4. The van der Waals surface area contributed by atoms with Crippen molar-refractivity contribution in [1.29, 1.82) is 0 Å². The Hall–Kier alpha value is -1.45. The third-order valence-corrected chi connectivity index (χ3v) is 2.07. The molecule has 0 aliphatic rings. The van der Waals surface area contributed by atoms with Crippen molar-refractivity contribution in [2.75, 3.05) is 5.32 Å². The minimum atomic E-state index is -0.00250. The van der Waals surface area contributed by atoms with Crippen LogP contribution in [0.3, 0.4) is 0 Å². The van der Waals surface area contributed by atoms with Crippen molar-refractivity contribution in [3.8, 4) is 0 Å². The quantitative estimate of drug-likeness (QED) is 0.729. The minimum Gasteiger partial charge on any atom is -0.295 e. The zero-order chi connectivity index (χ0) is 10.9. The standard InChI is InChI=1S/C11H17N3O/c1-2-3-4-5-7-10(15)14-11-12-8-6-9-13-11/h6,8-9H,2-5,7H2,1H3,(H,12,13,14,15). The fourth-order valence-corrected chi connectivity index (χ4v) is 1.26. The average Bonchev–Trinajstić information content (AvgIpc) is 2.26. The molecule has 1 aromatic heterocycles. The first kappa shape index (κ1) is 11.6. The summed E-state index contributed by atoms with van der Waals surface area (Å²) in [6, 6.07) is 1.72. The lowest BCUT2D eigenvalue weighted by Crippen LogP contribution is -2.13. The maximum Gasteiger partial charge on any atom is 0.229 e. The summed E-state index contributed by atoms with van der Waals surface area (Å²) >= 11 is 0. The molecule has 0 spiro atoms. The zero-order valence-corrected chi connectivity index (χ0v) is 9.07. The number of amides is 1. The van der Waals surface area contributed by atoms with Crippen molar-refractivity contribution in [1.82, 2.24) is 9.97 Å². The van der Waals surface area contributed by atoms with E-state index in [1.165, 1.54) is 12.8 Å². The molecule has 4 heteroatoms. The fraction of sp³-hybridized carbons (Fsp3) is 0.545. The highest BCUT2D eigenvalue weighted by Gasteiger charge is 2.02. The summed E-state index contributed by atoms with van der Waals surface area (Å²) in [5, 5.41) is 2.66. The monoisotopic (exact) mass is 207 g/mol. The van der Waals surface area contributed by atoms with Gasteiger partial charge in [0.2, 0.25) is 11.9 Å². The van der Waals surface area contributed by atoms with Crippen LogP contribution in [0.2, 0.25) is 0 Å². The number of anilines is 1. The summed E-state index contributed by atoms with van der Waals surface area (Å²) in [6.07, 6.45) is 8.20. The Morgan fingerprint density at radius 2 is 2.00 bits per heavy atom. The van der Waals surface area contributed by atoms with Gasteiger partial charge in [-0.15, -0.1) is 0 Å². The lowest BCUT2D eigenvalue weighted by molar-refractivity contribution is -0.116. The Kier molecular flexibility index (Phi) is 5.37. The van der Waals surface area contributed by atoms with Gasteiger partial charge in [-0.3, -0.25) is 10.1 Å². The first-order chi connectivity index (χ1) is 7.33. The van der Waals surface area contributed by atoms with Crippen molar-refractivity contribution in [2.24, 2.45) is 0 Å². The van der Waals surface area contributed by atoms with Crippen molar-refractivity contribution in [3.63, 3.8) is 0 Å². The molecule has 0 unspecified atom stereocenters. The topological polar surface area (TPSA) is 54.9 Å². The van der Waals surface area contributed by atoms with Crippen molar-refractivity contribution in [2.45, 2.75) is 39.0 Å². The van der Waals surface area contributed by atoms with E-state index in [9.17, 15) is 4.79 Å². The number of aromatic nitrogens is 2. The van der Waals surface area contributed by atoms with Crippen LogP contribution in [0.25, 0.3) is 0 Å². The Morgan fingerprint density at radius 3 is 2.67 bits per heavy atom. The van der Waals surface area contributed by atoms with Crippen LogP contribution in [0.1, 0.15) is 39.0 Å². The van der Waals surface area contributed by atoms with Gasteiger partial charge in [-0.2, -0.15) is 0 Å². The fourth-order valence-electron chi connectivity index (χ4n) is 1.26. The summed E-state index contributed by atoms with van der Waals surface area (Å²) in [6.45, 7) is 2.15. The smallest absolute Gasteiger partial charge is 0.229 e. The summed E-state index contributed by atoms with van der Waals surface area (Å²) in [5.41, 5.74) is 0. The van der Waals surface area contributed by atoms with Crippen molar-refractivity contribution >= 4 is 11.9 Å². The third kappa shape index (κ3) is 5.10. The molecule has 1 N–H and O–H groups in total. The Labute approximate surface area is 90.1 Å². The average molecular weight is 207 g/mol. The van der Waals surface area contributed by atoms with E-state index >= 15 is 0 Å². The second-order valence-electron chi connectivity index (χ2n) is 3.43. The van der Waals surface area contributed by atoms with E-state index in [1.54, 1.807) is 18.5 Å². The van der Waals surface area contributed by atoms with Gasteiger partial charge in [0.1, 0.15) is 0 Å². The van der Waals surface area contributed by atoms with Crippen LogP contribution in [0.5, 0.6) is 0 Å². The second-order valence-corrected chi connectivity index (χ2v) is 3.43. The number of carbonyl (C=O) groups is 1. The predicted octanol–water partition coefficient (Wildman–Crippen LogP) is 2.39. The largest absolute Gasteiger partial charge is 0.295 e. The number of unbranched alkanes of at least 4 members (excludes halogenated alkanes) is 3. The molecular formula is C11H17N3O. The number of carbonyl (C=O) groups excluding carboxylic acids is 1. The SMILES string of the molecule is CCCCCCC(=O)Nc1ncccn1. The lowest BCUT2D eigenvalue weighted by atomic mass is 10.1. The Bertz CT molecular complexity index is 287. The molecule has 0 bridgehead atoms. The number of rotatable bonds is 6. The molecule has 0 saturated heterocycles. The van der Waals surface area contributed by atoms with Gasteiger partial charge >= 0.3 is 0 Å². The van der Waals surface area contributed by atoms with Gasteiger partial charge in [0.25, 0.3) is 0 Å². The van der Waals surface area contributed by atoms with Crippen LogP contribution in [-0.2, 0) is 4.79 Å². The highest BCUT2D eigenvalue weighted by molar-refractivity contribution is 5.88. The molecule has 15 heavy (non-hydrogen) atoms. The molecule has 1 amide bonds. The van der Waals surface area contributed by atoms with Crippen LogP contribution in [0.4, 0.5) is 5.95 Å². The van der Waals surface area contributed by atoms with Crippen LogP contribution < -0.4 is 5.32 Å². The summed E-state index contributed by atoms with van der Waals surface area (Å²) < 4.78 is 0. The van der Waals surface area contributed by atoms with Gasteiger partial charge in [-0.25, -0.2) is 9.97 Å². The van der Waals surface area contributed by atoms with Crippen LogP contribution >= 0.6 is 0 Å². The molecule has 1 heterocycles. The van der Waals surface area contributed by atoms with E-state index in [2.05, 4.69) is 22.2 Å². The molecule has 0 atom stereocenters. The number of hydrogen-bond acceptors (Lipinski definition) is 3. The molecular weight excluding hydrogens is 190 g/mol. The summed E-state index contributed by atoms with van der Waals surface area (Å²) in [7, 11) is 0. The first-order valence-electron chi connectivity index (χ1n) is 5.40. The van der Waals surface area contributed by atoms with E-state index in [0.29, 0.717) is 12.4 Å². The molecule has 0 aliphatic heterocycles. The third-order valence-electron chi connectivity index (χ3n) is 2.07. The van der Waals surface area contributed by atoms with E-state index < -0.39 is 0 Å². The Balaban J connectivity index is 2.19. The molecule has 0 fully saturated rings. The molecule has 0 aromatic carbocycles. The van der Waals surface area contributed by atoms with E-state index in [-0.39, 0.29) is 5.91 Å². The lowest BCUT2D eigenvalue weighted by Gasteiger charge is -2.02. The second kappa shape index (κ2) is 6.92. The van der Waals surface area contributed by atoms with E-state index in [0.717, 1.165) is 12.8 Å². The predicted molar refractivity (Wildman–Crippen MR) is 59.4 cm³/mol. The molecule has 0 saturated carbocycles. The highest BCUT2D eigenvalue weighted by atomic mass is 16.1. The van der Waals surface area contributed by atoms with Crippen LogP contribution in [-0.4, -0.2) is 15.9 Å². The number of hydrogen-bond donors (Lipinski definition) is 1. The zero-order valence-electron chi connectivity index (χ0n) is 9.07. The Morgan fingerprint density at radius 1 is 1.27 bits per heavy atom. The molecule has 4 nitrogen and oxygen atoms in total. The van der Waals surface area contributed by atoms with Crippen molar-refractivity contribution in [3.05, 3.63) is 18.5 Å². The van der Waals surface area contributed by atoms with Gasteiger partial charge < -0.3 is 0 Å².